The second-order valence-electron chi connectivity index (χ2n) is 2.69. The van der Waals surface area contributed by atoms with Crippen molar-refractivity contribution in [2.45, 2.75) is 25.7 Å². The first-order valence-electron chi connectivity index (χ1n) is 4.29. The van der Waals surface area contributed by atoms with E-state index in [0.29, 0.717) is 13.0 Å². The molecule has 0 radical (unpaired) electrons. The largest absolute Gasteiger partial charge is 0.469 e. The van der Waals surface area contributed by atoms with Crippen molar-refractivity contribution < 1.29 is 9.53 Å². The molecule has 4 N–H and O–H groups in total. The second-order valence-corrected chi connectivity index (χ2v) is 2.69. The lowest BCUT2D eigenvalue weighted by Gasteiger charge is -1.98. The van der Waals surface area contributed by atoms with E-state index in [1.165, 1.54) is 7.11 Å². The molecule has 0 aromatic rings. The van der Waals surface area contributed by atoms with Gasteiger partial charge < -0.3 is 16.2 Å². The Morgan fingerprint density at radius 2 is 2.00 bits per heavy atom. The summed E-state index contributed by atoms with van der Waals surface area (Å²) in [6, 6.07) is 0. The van der Waals surface area contributed by atoms with E-state index in [-0.39, 0.29) is 11.9 Å². The van der Waals surface area contributed by atoms with Crippen LogP contribution < -0.4 is 11.5 Å². The normalized spacial score (nSPS) is 9.31. The number of esters is 1. The molecule has 0 unspecified atom stereocenters. The van der Waals surface area contributed by atoms with E-state index in [4.69, 9.17) is 11.5 Å². The minimum Gasteiger partial charge on any atom is -0.469 e. The molecule has 0 amide bonds. The molecular weight excluding hydrogens is 170 g/mol. The summed E-state index contributed by atoms with van der Waals surface area (Å²) in [6.07, 6.45) is 3.13. The third kappa shape index (κ3) is 8.65. The third-order valence-corrected chi connectivity index (χ3v) is 1.56. The lowest BCUT2D eigenvalue weighted by atomic mass is 10.2. The molecule has 0 saturated carbocycles. The number of nitrogens with zero attached hydrogens (tertiary/aromatic N) is 1. The molecule has 0 aliphatic carbocycles. The number of hydrogen-bond donors (Lipinski definition) is 2. The van der Waals surface area contributed by atoms with Crippen molar-refractivity contribution in [1.82, 2.24) is 0 Å². The van der Waals surface area contributed by atoms with E-state index >= 15 is 0 Å². The van der Waals surface area contributed by atoms with Crippen LogP contribution in [0.3, 0.4) is 0 Å². The number of ether oxygens (including phenoxy) is 1. The van der Waals surface area contributed by atoms with Gasteiger partial charge >= 0.3 is 5.97 Å². The molecular formula is C8H17N3O2. The molecule has 0 aliphatic rings. The van der Waals surface area contributed by atoms with Gasteiger partial charge in [0, 0.05) is 13.0 Å². The highest BCUT2D eigenvalue weighted by molar-refractivity contribution is 5.75. The topological polar surface area (TPSA) is 90.7 Å². The molecule has 5 heteroatoms. The Kier molecular flexibility index (Phi) is 6.68. The zero-order valence-corrected chi connectivity index (χ0v) is 7.95. The van der Waals surface area contributed by atoms with E-state index in [0.717, 1.165) is 19.3 Å². The summed E-state index contributed by atoms with van der Waals surface area (Å²) in [5, 5.41) is 0. The molecule has 5 nitrogen and oxygen atoms in total. The van der Waals surface area contributed by atoms with Crippen molar-refractivity contribution in [3.05, 3.63) is 0 Å². The first-order valence-corrected chi connectivity index (χ1v) is 4.29. The van der Waals surface area contributed by atoms with Crippen molar-refractivity contribution in [2.24, 2.45) is 16.5 Å². The maximum absolute atomic E-state index is 10.7. The Bertz CT molecular complexity index is 176. The first kappa shape index (κ1) is 11.7. The fourth-order valence-corrected chi connectivity index (χ4v) is 0.868. The number of guanidine groups is 1. The Hall–Kier alpha value is -1.26. The predicted molar refractivity (Wildman–Crippen MR) is 51.2 cm³/mol. The summed E-state index contributed by atoms with van der Waals surface area (Å²) in [6.45, 7) is 0.628. The maximum atomic E-state index is 10.7. The monoisotopic (exact) mass is 187 g/mol. The van der Waals surface area contributed by atoms with Gasteiger partial charge in [-0.15, -0.1) is 0 Å². The van der Waals surface area contributed by atoms with Gasteiger partial charge in [0.2, 0.25) is 0 Å². The lowest BCUT2D eigenvalue weighted by Crippen LogP contribution is -2.22. The third-order valence-electron chi connectivity index (χ3n) is 1.56. The average Bonchev–Trinajstić information content (AvgIpc) is 2.10. The number of methoxy groups -OCH3 is 1. The van der Waals surface area contributed by atoms with E-state index in [1.807, 2.05) is 0 Å². The molecule has 0 aromatic heterocycles. The Morgan fingerprint density at radius 3 is 2.54 bits per heavy atom. The molecule has 0 aliphatic heterocycles. The van der Waals surface area contributed by atoms with Crippen LogP contribution in [0, 0.1) is 0 Å². The van der Waals surface area contributed by atoms with Gasteiger partial charge in [-0.3, -0.25) is 9.79 Å². The van der Waals surface area contributed by atoms with Gasteiger partial charge in [-0.1, -0.05) is 6.42 Å². The van der Waals surface area contributed by atoms with Crippen LogP contribution >= 0.6 is 0 Å². The second kappa shape index (κ2) is 7.39. The van der Waals surface area contributed by atoms with E-state index in [2.05, 4.69) is 9.73 Å². The van der Waals surface area contributed by atoms with Crippen LogP contribution in [-0.2, 0) is 9.53 Å². The van der Waals surface area contributed by atoms with Gasteiger partial charge in [0.15, 0.2) is 5.96 Å². The molecule has 0 atom stereocenters. The van der Waals surface area contributed by atoms with E-state index < -0.39 is 0 Å². The Morgan fingerprint density at radius 1 is 1.31 bits per heavy atom. The van der Waals surface area contributed by atoms with Crippen LogP contribution in [0.25, 0.3) is 0 Å². The van der Waals surface area contributed by atoms with Crippen molar-refractivity contribution in [3.63, 3.8) is 0 Å². The standard InChI is InChI=1S/C8H17N3O2/c1-13-7(12)5-3-2-4-6-11-8(9)10/h2-6H2,1H3,(H4,9,10,11). The molecule has 76 valence electrons. The summed E-state index contributed by atoms with van der Waals surface area (Å²) in [5.41, 5.74) is 10.3. The first-order chi connectivity index (χ1) is 6.16. The van der Waals surface area contributed by atoms with Crippen molar-refractivity contribution in [3.8, 4) is 0 Å². The summed E-state index contributed by atoms with van der Waals surface area (Å²) < 4.78 is 4.49. The zero-order valence-electron chi connectivity index (χ0n) is 7.95. The number of unbranched alkanes of at least 4 members (excludes halogenated alkanes) is 2. The molecule has 0 bridgehead atoms. The van der Waals surface area contributed by atoms with Crippen LogP contribution in [0.5, 0.6) is 0 Å². The fraction of sp³-hybridized carbons (Fsp3) is 0.750. The molecule has 0 spiro atoms. The Balaban J connectivity index is 3.18. The molecule has 0 rings (SSSR count). The molecule has 0 heterocycles. The molecule has 13 heavy (non-hydrogen) atoms. The number of hydrogen-bond acceptors (Lipinski definition) is 3. The van der Waals surface area contributed by atoms with Crippen LogP contribution in [0.15, 0.2) is 4.99 Å². The quantitative estimate of drug-likeness (QED) is 0.265. The van der Waals surface area contributed by atoms with Crippen molar-refractivity contribution >= 4 is 11.9 Å². The molecule has 0 aromatic carbocycles. The molecule has 0 saturated heterocycles. The predicted octanol–water partition coefficient (Wildman–Crippen LogP) is -0.00680. The highest BCUT2D eigenvalue weighted by atomic mass is 16.5. The number of carbonyl (C=O) groups excluding carboxylic acids is 1. The number of aliphatic imine (C=N–C) groups is 1. The maximum Gasteiger partial charge on any atom is 0.305 e. The van der Waals surface area contributed by atoms with Gasteiger partial charge in [0.1, 0.15) is 0 Å². The Labute approximate surface area is 78.1 Å². The number of carbonyl (C=O) groups is 1. The number of rotatable bonds is 6. The SMILES string of the molecule is COC(=O)CCCCCN=C(N)N. The van der Waals surface area contributed by atoms with Crippen LogP contribution in [-0.4, -0.2) is 25.6 Å². The van der Waals surface area contributed by atoms with Gasteiger partial charge in [-0.25, -0.2) is 0 Å². The minimum atomic E-state index is -0.165. The molecule has 0 fully saturated rings. The average molecular weight is 187 g/mol. The van der Waals surface area contributed by atoms with E-state index in [1.54, 1.807) is 0 Å². The van der Waals surface area contributed by atoms with Gasteiger partial charge in [-0.2, -0.15) is 0 Å². The highest BCUT2D eigenvalue weighted by Crippen LogP contribution is 2.00. The summed E-state index contributed by atoms with van der Waals surface area (Å²) in [5.74, 6) is -0.0465. The zero-order chi connectivity index (χ0) is 10.1. The lowest BCUT2D eigenvalue weighted by molar-refractivity contribution is -0.140. The number of nitrogens with two attached hydrogens (primary N) is 2. The highest BCUT2D eigenvalue weighted by Gasteiger charge is 1.98. The van der Waals surface area contributed by atoms with Gasteiger partial charge in [-0.05, 0) is 12.8 Å². The minimum absolute atomic E-state index is 0.118. The van der Waals surface area contributed by atoms with Crippen LogP contribution in [0.2, 0.25) is 0 Å². The smallest absolute Gasteiger partial charge is 0.305 e. The van der Waals surface area contributed by atoms with E-state index in [9.17, 15) is 4.79 Å². The summed E-state index contributed by atoms with van der Waals surface area (Å²) in [7, 11) is 1.39. The summed E-state index contributed by atoms with van der Waals surface area (Å²) >= 11 is 0. The van der Waals surface area contributed by atoms with Crippen molar-refractivity contribution in [1.29, 1.82) is 0 Å². The van der Waals surface area contributed by atoms with Crippen LogP contribution in [0.1, 0.15) is 25.7 Å². The summed E-state index contributed by atoms with van der Waals surface area (Å²) in [4.78, 5) is 14.5. The van der Waals surface area contributed by atoms with Crippen LogP contribution in [0.4, 0.5) is 0 Å². The fourth-order valence-electron chi connectivity index (χ4n) is 0.868. The van der Waals surface area contributed by atoms with Gasteiger partial charge in [0.25, 0.3) is 0 Å². The van der Waals surface area contributed by atoms with Crippen molar-refractivity contribution in [2.75, 3.05) is 13.7 Å². The van der Waals surface area contributed by atoms with Gasteiger partial charge in [0.05, 0.1) is 7.11 Å².